The molecule has 0 saturated heterocycles. The van der Waals surface area contributed by atoms with Crippen LogP contribution in [-0.2, 0) is 4.79 Å². The molecule has 1 nitrogen and oxygen atoms in total. The molecule has 1 saturated carbocycles. The van der Waals surface area contributed by atoms with Crippen LogP contribution in [0.3, 0.4) is 0 Å². The first-order valence-corrected chi connectivity index (χ1v) is 8.95. The van der Waals surface area contributed by atoms with E-state index in [0.29, 0.717) is 11.7 Å². The summed E-state index contributed by atoms with van der Waals surface area (Å²) in [7, 11) is 0. The standard InChI is InChI=1S/C22H26O/c23-22(17-20-9-4-5-10-20)21-12-6-11-19(15-16-21)14-13-18-7-2-1-3-8-18/h1-3,7-8,11,13-16,20-21H,4-6,9-10,12,17H2. The molecule has 0 aromatic heterocycles. The molecule has 0 N–H and O–H groups in total. The van der Waals surface area contributed by atoms with Crippen LogP contribution in [0, 0.1) is 11.8 Å². The van der Waals surface area contributed by atoms with Crippen molar-refractivity contribution < 1.29 is 4.79 Å². The van der Waals surface area contributed by atoms with Crippen LogP contribution in [0.5, 0.6) is 0 Å². The minimum Gasteiger partial charge on any atom is -0.299 e. The lowest BCUT2D eigenvalue weighted by Gasteiger charge is -2.13. The lowest BCUT2D eigenvalue weighted by Crippen LogP contribution is -2.15. The molecule has 1 atom stereocenters. The Morgan fingerprint density at radius 3 is 2.61 bits per heavy atom. The van der Waals surface area contributed by atoms with E-state index in [0.717, 1.165) is 19.3 Å². The Balaban J connectivity index is 1.57. The van der Waals surface area contributed by atoms with Crippen LogP contribution >= 0.6 is 0 Å². The van der Waals surface area contributed by atoms with Gasteiger partial charge in [0.2, 0.25) is 0 Å². The van der Waals surface area contributed by atoms with Gasteiger partial charge in [0.1, 0.15) is 5.78 Å². The van der Waals surface area contributed by atoms with Crippen molar-refractivity contribution in [3.05, 3.63) is 65.8 Å². The number of carbonyl (C=O) groups excluding carboxylic acids is 1. The van der Waals surface area contributed by atoms with Crippen molar-refractivity contribution in [2.24, 2.45) is 11.8 Å². The van der Waals surface area contributed by atoms with Crippen molar-refractivity contribution in [2.75, 3.05) is 0 Å². The van der Waals surface area contributed by atoms with Gasteiger partial charge in [-0.2, -0.15) is 0 Å². The third kappa shape index (κ3) is 4.79. The molecule has 23 heavy (non-hydrogen) atoms. The van der Waals surface area contributed by atoms with Gasteiger partial charge in [-0.1, -0.05) is 86.4 Å². The van der Waals surface area contributed by atoms with Crippen molar-refractivity contribution >= 4 is 11.9 Å². The molecule has 1 aromatic carbocycles. The Bertz CT molecular complexity index is 600. The first-order chi connectivity index (χ1) is 11.3. The molecule has 0 amide bonds. The maximum atomic E-state index is 12.5. The van der Waals surface area contributed by atoms with Crippen molar-refractivity contribution in [3.8, 4) is 0 Å². The minimum atomic E-state index is 0.120. The average Bonchev–Trinajstić information content (AvgIpc) is 2.96. The van der Waals surface area contributed by atoms with Gasteiger partial charge in [-0.25, -0.2) is 0 Å². The van der Waals surface area contributed by atoms with Crippen LogP contribution in [-0.4, -0.2) is 5.78 Å². The van der Waals surface area contributed by atoms with E-state index in [1.54, 1.807) is 0 Å². The predicted molar refractivity (Wildman–Crippen MR) is 97.0 cm³/mol. The van der Waals surface area contributed by atoms with E-state index < -0.39 is 0 Å². The lowest BCUT2D eigenvalue weighted by atomic mass is 9.91. The molecule has 2 aliphatic rings. The largest absolute Gasteiger partial charge is 0.299 e. The van der Waals surface area contributed by atoms with E-state index >= 15 is 0 Å². The van der Waals surface area contributed by atoms with Gasteiger partial charge in [0.05, 0.1) is 0 Å². The van der Waals surface area contributed by atoms with Crippen molar-refractivity contribution in [1.82, 2.24) is 0 Å². The van der Waals surface area contributed by atoms with Crippen molar-refractivity contribution in [1.29, 1.82) is 0 Å². The van der Waals surface area contributed by atoms with Gasteiger partial charge in [-0.15, -0.1) is 0 Å². The fourth-order valence-corrected chi connectivity index (χ4v) is 3.62. The normalized spacial score (nSPS) is 22.3. The van der Waals surface area contributed by atoms with Gasteiger partial charge in [-0.05, 0) is 29.9 Å². The first-order valence-electron chi connectivity index (χ1n) is 8.95. The zero-order valence-corrected chi connectivity index (χ0v) is 13.8. The van der Waals surface area contributed by atoms with Gasteiger partial charge >= 0.3 is 0 Å². The zero-order valence-electron chi connectivity index (χ0n) is 13.8. The molecule has 120 valence electrons. The summed E-state index contributed by atoms with van der Waals surface area (Å²) < 4.78 is 0. The molecule has 1 aromatic rings. The summed E-state index contributed by atoms with van der Waals surface area (Å²) in [6, 6.07) is 10.3. The summed E-state index contributed by atoms with van der Waals surface area (Å²) in [6.45, 7) is 0. The second-order valence-corrected chi connectivity index (χ2v) is 6.81. The molecule has 3 rings (SSSR count). The van der Waals surface area contributed by atoms with Crippen LogP contribution in [0.2, 0.25) is 0 Å². The number of ketones is 1. The monoisotopic (exact) mass is 306 g/mol. The Labute approximate surface area is 139 Å². The fraction of sp³-hybridized carbons (Fsp3) is 0.409. The Kier molecular flexibility index (Phi) is 5.63. The number of Topliss-reactive ketones (excluding diaryl/α,β-unsaturated/α-hetero) is 1. The maximum absolute atomic E-state index is 12.5. The molecule has 2 aliphatic carbocycles. The molecule has 1 fully saturated rings. The highest BCUT2D eigenvalue weighted by Gasteiger charge is 2.23. The van der Waals surface area contributed by atoms with Crippen LogP contribution < -0.4 is 0 Å². The third-order valence-electron chi connectivity index (χ3n) is 5.02. The summed E-state index contributed by atoms with van der Waals surface area (Å²) in [5.74, 6) is 1.23. The van der Waals surface area contributed by atoms with Gasteiger partial charge in [-0.3, -0.25) is 4.79 Å². The van der Waals surface area contributed by atoms with E-state index in [1.165, 1.54) is 36.8 Å². The first kappa shape index (κ1) is 16.0. The van der Waals surface area contributed by atoms with Crippen LogP contribution in [0.1, 0.15) is 50.5 Å². The molecular formula is C22H26O. The Morgan fingerprint density at radius 1 is 1.04 bits per heavy atom. The van der Waals surface area contributed by atoms with Crippen molar-refractivity contribution in [2.45, 2.75) is 44.9 Å². The zero-order chi connectivity index (χ0) is 15.9. The molecule has 0 heterocycles. The second-order valence-electron chi connectivity index (χ2n) is 6.81. The molecule has 1 unspecified atom stereocenters. The quantitative estimate of drug-likeness (QED) is 0.677. The Hall–Kier alpha value is -1.89. The van der Waals surface area contributed by atoms with Crippen LogP contribution in [0.4, 0.5) is 0 Å². The van der Waals surface area contributed by atoms with Crippen LogP contribution in [0.25, 0.3) is 6.08 Å². The topological polar surface area (TPSA) is 17.1 Å². The van der Waals surface area contributed by atoms with E-state index in [9.17, 15) is 4.79 Å². The summed E-state index contributed by atoms with van der Waals surface area (Å²) in [6.07, 6.45) is 18.7. The van der Waals surface area contributed by atoms with E-state index in [1.807, 2.05) is 6.07 Å². The number of allylic oxidation sites excluding steroid dienone is 5. The third-order valence-corrected chi connectivity index (χ3v) is 5.02. The van der Waals surface area contributed by atoms with E-state index in [4.69, 9.17) is 0 Å². The summed E-state index contributed by atoms with van der Waals surface area (Å²) in [5, 5.41) is 0. The number of rotatable bonds is 5. The number of carbonyl (C=O) groups is 1. The predicted octanol–water partition coefficient (Wildman–Crippen LogP) is 5.74. The molecule has 0 bridgehead atoms. The molecule has 1 heteroatoms. The number of benzene rings is 1. The summed E-state index contributed by atoms with van der Waals surface area (Å²) >= 11 is 0. The number of hydrogen-bond donors (Lipinski definition) is 0. The average molecular weight is 306 g/mol. The van der Waals surface area contributed by atoms with Gasteiger partial charge in [0.15, 0.2) is 0 Å². The molecule has 0 radical (unpaired) electrons. The van der Waals surface area contributed by atoms with E-state index in [2.05, 4.69) is 54.6 Å². The van der Waals surface area contributed by atoms with E-state index in [-0.39, 0.29) is 5.92 Å². The SMILES string of the molecule is O=C(CC1CCCC1)C1C=CC(C=Cc2ccccc2)=CCC1. The summed E-state index contributed by atoms with van der Waals surface area (Å²) in [4.78, 5) is 12.5. The van der Waals surface area contributed by atoms with Gasteiger partial charge in [0, 0.05) is 12.3 Å². The maximum Gasteiger partial charge on any atom is 0.140 e. The second kappa shape index (κ2) is 8.10. The lowest BCUT2D eigenvalue weighted by molar-refractivity contribution is -0.122. The van der Waals surface area contributed by atoms with Crippen LogP contribution in [0.15, 0.2) is 60.2 Å². The van der Waals surface area contributed by atoms with Gasteiger partial charge in [0.25, 0.3) is 0 Å². The molecule has 0 spiro atoms. The highest BCUT2D eigenvalue weighted by Crippen LogP contribution is 2.30. The highest BCUT2D eigenvalue weighted by molar-refractivity contribution is 5.83. The summed E-state index contributed by atoms with van der Waals surface area (Å²) in [5.41, 5.74) is 2.42. The highest BCUT2D eigenvalue weighted by atomic mass is 16.1. The Morgan fingerprint density at radius 2 is 1.83 bits per heavy atom. The smallest absolute Gasteiger partial charge is 0.140 e. The fourth-order valence-electron chi connectivity index (χ4n) is 3.62. The molecular weight excluding hydrogens is 280 g/mol. The number of hydrogen-bond acceptors (Lipinski definition) is 1. The molecule has 0 aliphatic heterocycles. The van der Waals surface area contributed by atoms with Crippen molar-refractivity contribution in [3.63, 3.8) is 0 Å². The van der Waals surface area contributed by atoms with Gasteiger partial charge < -0.3 is 0 Å². The minimum absolute atomic E-state index is 0.120.